The third-order valence-electron chi connectivity index (χ3n) is 4.02. The molecule has 1 nitrogen and oxygen atoms in total. The molecule has 114 valence electrons. The van der Waals surface area contributed by atoms with Gasteiger partial charge in [-0.3, -0.25) is 0 Å². The molecule has 0 fully saturated rings. The van der Waals surface area contributed by atoms with Gasteiger partial charge in [0.2, 0.25) is 0 Å². The van der Waals surface area contributed by atoms with Crippen LogP contribution in [0.1, 0.15) is 18.1 Å². The van der Waals surface area contributed by atoms with E-state index in [1.54, 1.807) is 0 Å². The first-order valence-corrected chi connectivity index (χ1v) is 7.98. The second kappa shape index (κ2) is 6.97. The van der Waals surface area contributed by atoms with Crippen LogP contribution in [0.25, 0.3) is 17.2 Å². The van der Waals surface area contributed by atoms with Gasteiger partial charge in [0.1, 0.15) is 0 Å². The fourth-order valence-corrected chi connectivity index (χ4v) is 2.68. The van der Waals surface area contributed by atoms with E-state index in [1.807, 2.05) is 24.3 Å². The summed E-state index contributed by atoms with van der Waals surface area (Å²) in [5.41, 5.74) is 7.23. The van der Waals surface area contributed by atoms with Crippen LogP contribution in [0.2, 0.25) is 0 Å². The molecule has 3 aromatic rings. The van der Waals surface area contributed by atoms with Crippen molar-refractivity contribution in [1.29, 1.82) is 0 Å². The SMILES string of the molecule is C=Cc1ccc(-c2ccc(Nc3ccccc3)c(CC)c2)cc1. The van der Waals surface area contributed by atoms with E-state index in [0.717, 1.165) is 17.7 Å². The minimum Gasteiger partial charge on any atom is -0.355 e. The molecule has 0 aliphatic heterocycles. The lowest BCUT2D eigenvalue weighted by Crippen LogP contribution is -1.95. The summed E-state index contributed by atoms with van der Waals surface area (Å²) < 4.78 is 0. The van der Waals surface area contributed by atoms with Gasteiger partial charge >= 0.3 is 0 Å². The van der Waals surface area contributed by atoms with Gasteiger partial charge in [0.25, 0.3) is 0 Å². The van der Waals surface area contributed by atoms with E-state index in [2.05, 4.69) is 73.4 Å². The molecule has 0 aromatic heterocycles. The summed E-state index contributed by atoms with van der Waals surface area (Å²) in [6.07, 6.45) is 2.86. The molecule has 0 spiro atoms. The molecule has 0 bridgehead atoms. The quantitative estimate of drug-likeness (QED) is 0.582. The van der Waals surface area contributed by atoms with Crippen LogP contribution in [0.4, 0.5) is 11.4 Å². The Morgan fingerprint density at radius 1 is 0.870 bits per heavy atom. The van der Waals surface area contributed by atoms with E-state index < -0.39 is 0 Å². The van der Waals surface area contributed by atoms with Crippen LogP contribution in [-0.2, 0) is 6.42 Å². The lowest BCUT2D eigenvalue weighted by atomic mass is 9.99. The number of rotatable bonds is 5. The molecule has 0 unspecified atom stereocenters. The first kappa shape index (κ1) is 15.1. The summed E-state index contributed by atoms with van der Waals surface area (Å²) in [7, 11) is 0. The van der Waals surface area contributed by atoms with Crippen molar-refractivity contribution in [3.8, 4) is 11.1 Å². The Morgan fingerprint density at radius 2 is 1.57 bits per heavy atom. The van der Waals surface area contributed by atoms with Crippen molar-refractivity contribution in [2.24, 2.45) is 0 Å². The zero-order chi connectivity index (χ0) is 16.1. The summed E-state index contributed by atoms with van der Waals surface area (Å²) in [5, 5.41) is 3.51. The molecule has 0 aliphatic carbocycles. The maximum atomic E-state index is 3.80. The smallest absolute Gasteiger partial charge is 0.0417 e. The second-order valence-electron chi connectivity index (χ2n) is 5.54. The Balaban J connectivity index is 1.91. The van der Waals surface area contributed by atoms with Crippen LogP contribution in [0.15, 0.2) is 79.4 Å². The van der Waals surface area contributed by atoms with E-state index in [4.69, 9.17) is 0 Å². The molecule has 0 amide bonds. The van der Waals surface area contributed by atoms with Crippen LogP contribution in [0.5, 0.6) is 0 Å². The number of aryl methyl sites for hydroxylation is 1. The Bertz CT molecular complexity index is 786. The third kappa shape index (κ3) is 3.51. The highest BCUT2D eigenvalue weighted by atomic mass is 14.9. The largest absolute Gasteiger partial charge is 0.355 e. The topological polar surface area (TPSA) is 12.0 Å². The molecule has 0 heterocycles. The molecule has 0 saturated heterocycles. The van der Waals surface area contributed by atoms with E-state index >= 15 is 0 Å². The molecule has 0 atom stereocenters. The molecule has 1 N–H and O–H groups in total. The third-order valence-corrected chi connectivity index (χ3v) is 4.02. The van der Waals surface area contributed by atoms with Crippen molar-refractivity contribution in [3.63, 3.8) is 0 Å². The van der Waals surface area contributed by atoms with Gasteiger partial charge in [-0.1, -0.05) is 68.1 Å². The summed E-state index contributed by atoms with van der Waals surface area (Å²) in [5.74, 6) is 0. The highest BCUT2D eigenvalue weighted by molar-refractivity contribution is 5.72. The summed E-state index contributed by atoms with van der Waals surface area (Å²) in [6, 6.07) is 25.4. The summed E-state index contributed by atoms with van der Waals surface area (Å²) in [6.45, 7) is 5.99. The van der Waals surface area contributed by atoms with E-state index in [-0.39, 0.29) is 0 Å². The van der Waals surface area contributed by atoms with Crippen LogP contribution >= 0.6 is 0 Å². The lowest BCUT2D eigenvalue weighted by Gasteiger charge is -2.13. The van der Waals surface area contributed by atoms with Gasteiger partial charge in [0.05, 0.1) is 0 Å². The van der Waals surface area contributed by atoms with Crippen molar-refractivity contribution in [2.75, 3.05) is 5.32 Å². The van der Waals surface area contributed by atoms with Gasteiger partial charge in [-0.15, -0.1) is 0 Å². The minimum absolute atomic E-state index is 0.994. The number of para-hydroxylation sites is 1. The van der Waals surface area contributed by atoms with Gasteiger partial charge in [0, 0.05) is 11.4 Å². The van der Waals surface area contributed by atoms with E-state index in [0.29, 0.717) is 0 Å². The number of benzene rings is 3. The second-order valence-corrected chi connectivity index (χ2v) is 5.54. The fraction of sp³-hybridized carbons (Fsp3) is 0.0909. The number of hydrogen-bond donors (Lipinski definition) is 1. The Morgan fingerprint density at radius 3 is 2.22 bits per heavy atom. The van der Waals surface area contributed by atoms with Crippen molar-refractivity contribution < 1.29 is 0 Å². The Hall–Kier alpha value is -2.80. The predicted octanol–water partition coefficient (Wildman–Crippen LogP) is 6.30. The lowest BCUT2D eigenvalue weighted by molar-refractivity contribution is 1.14. The van der Waals surface area contributed by atoms with Crippen LogP contribution in [0, 0.1) is 0 Å². The van der Waals surface area contributed by atoms with Gasteiger partial charge in [0.15, 0.2) is 0 Å². The van der Waals surface area contributed by atoms with Gasteiger partial charge in [-0.2, -0.15) is 0 Å². The highest BCUT2D eigenvalue weighted by Crippen LogP contribution is 2.28. The number of hydrogen-bond acceptors (Lipinski definition) is 1. The monoisotopic (exact) mass is 299 g/mol. The molecule has 3 rings (SSSR count). The van der Waals surface area contributed by atoms with Crippen molar-refractivity contribution in [1.82, 2.24) is 0 Å². The first-order valence-electron chi connectivity index (χ1n) is 7.98. The average molecular weight is 299 g/mol. The predicted molar refractivity (Wildman–Crippen MR) is 101 cm³/mol. The van der Waals surface area contributed by atoms with Crippen LogP contribution in [0.3, 0.4) is 0 Å². The maximum absolute atomic E-state index is 3.80. The molecular formula is C22H21N. The summed E-state index contributed by atoms with van der Waals surface area (Å²) >= 11 is 0. The van der Waals surface area contributed by atoms with Crippen molar-refractivity contribution >= 4 is 17.5 Å². The molecule has 0 aliphatic rings. The molecule has 1 heteroatoms. The standard InChI is InChI=1S/C22H21N/c1-3-17-10-12-19(13-11-17)20-14-15-22(18(4-2)16-20)23-21-8-6-5-7-9-21/h3,5-16,23H,1,4H2,2H3. The minimum atomic E-state index is 0.994. The fourth-order valence-electron chi connectivity index (χ4n) is 2.68. The van der Waals surface area contributed by atoms with Crippen molar-refractivity contribution in [2.45, 2.75) is 13.3 Å². The molecule has 23 heavy (non-hydrogen) atoms. The Kier molecular flexibility index (Phi) is 4.58. The van der Waals surface area contributed by atoms with Crippen LogP contribution in [-0.4, -0.2) is 0 Å². The highest BCUT2D eigenvalue weighted by Gasteiger charge is 2.05. The molecule has 3 aromatic carbocycles. The van der Waals surface area contributed by atoms with Gasteiger partial charge < -0.3 is 5.32 Å². The normalized spacial score (nSPS) is 10.3. The molecular weight excluding hydrogens is 278 g/mol. The van der Waals surface area contributed by atoms with E-state index in [1.165, 1.54) is 22.4 Å². The maximum Gasteiger partial charge on any atom is 0.0417 e. The first-order chi connectivity index (χ1) is 11.3. The summed E-state index contributed by atoms with van der Waals surface area (Å²) in [4.78, 5) is 0. The van der Waals surface area contributed by atoms with Gasteiger partial charge in [-0.05, 0) is 52.9 Å². The van der Waals surface area contributed by atoms with Crippen LogP contribution < -0.4 is 5.32 Å². The zero-order valence-electron chi connectivity index (χ0n) is 13.4. The van der Waals surface area contributed by atoms with Gasteiger partial charge in [-0.25, -0.2) is 0 Å². The number of nitrogens with one attached hydrogen (secondary N) is 1. The molecule has 0 saturated carbocycles. The number of anilines is 2. The zero-order valence-corrected chi connectivity index (χ0v) is 13.4. The molecule has 0 radical (unpaired) electrons. The Labute approximate surface area is 138 Å². The average Bonchev–Trinajstić information content (AvgIpc) is 2.63. The van der Waals surface area contributed by atoms with Crippen molar-refractivity contribution in [3.05, 3.63) is 90.5 Å². The van der Waals surface area contributed by atoms with E-state index in [9.17, 15) is 0 Å².